The van der Waals surface area contributed by atoms with Crippen LogP contribution in [-0.2, 0) is 9.53 Å². The van der Waals surface area contributed by atoms with Crippen molar-refractivity contribution >= 4 is 33.1 Å². The van der Waals surface area contributed by atoms with Gasteiger partial charge in [0.2, 0.25) is 5.91 Å². The number of aryl methyl sites for hydroxylation is 1. The number of nitrogens with one attached hydrogen (secondary N) is 2. The Kier molecular flexibility index (Phi) is 5.44. The first-order valence-electron chi connectivity index (χ1n) is 9.58. The van der Waals surface area contributed by atoms with Gasteiger partial charge in [-0.15, -0.1) is 11.3 Å². The molecule has 2 heterocycles. The van der Waals surface area contributed by atoms with Gasteiger partial charge in [0.1, 0.15) is 5.01 Å². The van der Waals surface area contributed by atoms with E-state index in [0.717, 1.165) is 47.7 Å². The number of methoxy groups -OCH3 is 1. The standard InChI is InChI=1S/C22H25N3O2S/c1-15-3-8-18-19(13-15)28-20(25-18)16-4-6-17(7-5-16)24-21(26)22(14-27-2)9-11-23-12-10-22/h3-8,13,23H,9-12,14H2,1-2H3,(H,24,26). The van der Waals surface area contributed by atoms with Crippen molar-refractivity contribution in [3.63, 3.8) is 0 Å². The summed E-state index contributed by atoms with van der Waals surface area (Å²) in [5.41, 5.74) is 3.67. The van der Waals surface area contributed by atoms with E-state index < -0.39 is 5.41 Å². The van der Waals surface area contributed by atoms with Gasteiger partial charge in [-0.3, -0.25) is 4.79 Å². The van der Waals surface area contributed by atoms with Gasteiger partial charge in [0, 0.05) is 18.4 Å². The molecule has 146 valence electrons. The first-order chi connectivity index (χ1) is 13.6. The Bertz CT molecular complexity index is 970. The number of anilines is 1. The van der Waals surface area contributed by atoms with Gasteiger partial charge in [-0.2, -0.15) is 0 Å². The van der Waals surface area contributed by atoms with E-state index in [9.17, 15) is 4.79 Å². The highest BCUT2D eigenvalue weighted by Crippen LogP contribution is 2.33. The van der Waals surface area contributed by atoms with E-state index in [4.69, 9.17) is 9.72 Å². The van der Waals surface area contributed by atoms with Gasteiger partial charge < -0.3 is 15.4 Å². The molecule has 1 aliphatic heterocycles. The SMILES string of the molecule is COCC1(C(=O)Nc2ccc(-c3nc4ccc(C)cc4s3)cc2)CCNCC1. The van der Waals surface area contributed by atoms with Crippen LogP contribution in [0.25, 0.3) is 20.8 Å². The number of rotatable bonds is 5. The van der Waals surface area contributed by atoms with E-state index >= 15 is 0 Å². The summed E-state index contributed by atoms with van der Waals surface area (Å²) >= 11 is 1.69. The zero-order valence-corrected chi connectivity index (χ0v) is 17.1. The average Bonchev–Trinajstić information content (AvgIpc) is 3.12. The molecule has 0 atom stereocenters. The zero-order chi connectivity index (χ0) is 19.6. The molecule has 2 N–H and O–H groups in total. The maximum Gasteiger partial charge on any atom is 0.233 e. The lowest BCUT2D eigenvalue weighted by molar-refractivity contribution is -0.130. The number of ether oxygens (including phenoxy) is 1. The molecule has 1 saturated heterocycles. The number of carbonyl (C=O) groups excluding carboxylic acids is 1. The van der Waals surface area contributed by atoms with Crippen LogP contribution >= 0.6 is 11.3 Å². The Labute approximate surface area is 169 Å². The fourth-order valence-electron chi connectivity index (χ4n) is 3.73. The lowest BCUT2D eigenvalue weighted by atomic mass is 9.78. The van der Waals surface area contributed by atoms with Crippen LogP contribution in [0.3, 0.4) is 0 Å². The van der Waals surface area contributed by atoms with Crippen LogP contribution in [-0.4, -0.2) is 37.7 Å². The number of fused-ring (bicyclic) bond motifs is 1. The second kappa shape index (κ2) is 7.99. The van der Waals surface area contributed by atoms with Crippen molar-refractivity contribution in [1.82, 2.24) is 10.3 Å². The number of aromatic nitrogens is 1. The molecule has 1 amide bonds. The molecule has 6 heteroatoms. The molecule has 0 bridgehead atoms. The maximum absolute atomic E-state index is 13.0. The van der Waals surface area contributed by atoms with Gasteiger partial charge >= 0.3 is 0 Å². The number of carbonyl (C=O) groups is 1. The summed E-state index contributed by atoms with van der Waals surface area (Å²) < 4.78 is 6.56. The molecule has 1 fully saturated rings. The Balaban J connectivity index is 1.51. The molecular weight excluding hydrogens is 370 g/mol. The Morgan fingerprint density at radius 2 is 1.96 bits per heavy atom. The summed E-state index contributed by atoms with van der Waals surface area (Å²) in [7, 11) is 1.66. The van der Waals surface area contributed by atoms with Crippen molar-refractivity contribution in [2.45, 2.75) is 19.8 Å². The highest BCUT2D eigenvalue weighted by molar-refractivity contribution is 7.21. The molecule has 1 aliphatic rings. The third-order valence-electron chi connectivity index (χ3n) is 5.40. The fourth-order valence-corrected chi connectivity index (χ4v) is 4.80. The number of piperidine rings is 1. The largest absolute Gasteiger partial charge is 0.384 e. The molecule has 0 saturated carbocycles. The number of nitrogens with zero attached hydrogens (tertiary/aromatic N) is 1. The summed E-state index contributed by atoms with van der Waals surface area (Å²) in [6.45, 7) is 4.22. The summed E-state index contributed by atoms with van der Waals surface area (Å²) in [5, 5.41) is 7.39. The summed E-state index contributed by atoms with van der Waals surface area (Å²) in [6, 6.07) is 14.3. The number of amides is 1. The third-order valence-corrected chi connectivity index (χ3v) is 6.46. The number of benzene rings is 2. The van der Waals surface area contributed by atoms with E-state index in [1.165, 1.54) is 10.3 Å². The van der Waals surface area contributed by atoms with Crippen LogP contribution in [0.15, 0.2) is 42.5 Å². The van der Waals surface area contributed by atoms with Crippen LogP contribution in [0.1, 0.15) is 18.4 Å². The molecule has 1 aromatic heterocycles. The third kappa shape index (κ3) is 3.81. The van der Waals surface area contributed by atoms with Gasteiger partial charge in [-0.1, -0.05) is 6.07 Å². The molecule has 0 aliphatic carbocycles. The number of hydrogen-bond donors (Lipinski definition) is 2. The zero-order valence-electron chi connectivity index (χ0n) is 16.2. The van der Waals surface area contributed by atoms with Crippen LogP contribution in [0, 0.1) is 12.3 Å². The van der Waals surface area contributed by atoms with Crippen molar-refractivity contribution < 1.29 is 9.53 Å². The molecule has 4 rings (SSSR count). The average molecular weight is 396 g/mol. The topological polar surface area (TPSA) is 63.2 Å². The smallest absolute Gasteiger partial charge is 0.233 e. The van der Waals surface area contributed by atoms with E-state index in [1.807, 2.05) is 24.3 Å². The van der Waals surface area contributed by atoms with E-state index in [2.05, 4.69) is 35.8 Å². The molecule has 0 spiro atoms. The second-order valence-corrected chi connectivity index (χ2v) is 8.52. The quantitative estimate of drug-likeness (QED) is 0.679. The summed E-state index contributed by atoms with van der Waals surface area (Å²) in [5.74, 6) is 0.0408. The number of hydrogen-bond acceptors (Lipinski definition) is 5. The minimum Gasteiger partial charge on any atom is -0.384 e. The van der Waals surface area contributed by atoms with Crippen molar-refractivity contribution in [1.29, 1.82) is 0 Å². The normalized spacial score (nSPS) is 16.2. The molecule has 0 radical (unpaired) electrons. The number of thiazole rings is 1. The van der Waals surface area contributed by atoms with Gasteiger partial charge in [-0.25, -0.2) is 4.98 Å². The lowest BCUT2D eigenvalue weighted by Crippen LogP contribution is -2.47. The molecule has 28 heavy (non-hydrogen) atoms. The van der Waals surface area contributed by atoms with Crippen LogP contribution in [0.2, 0.25) is 0 Å². The first kappa shape index (κ1) is 19.1. The van der Waals surface area contributed by atoms with Crippen LogP contribution in [0.4, 0.5) is 5.69 Å². The predicted molar refractivity (Wildman–Crippen MR) is 115 cm³/mol. The highest BCUT2D eigenvalue weighted by atomic mass is 32.1. The summed E-state index contributed by atoms with van der Waals surface area (Å²) in [4.78, 5) is 17.7. The van der Waals surface area contributed by atoms with Crippen molar-refractivity contribution in [2.75, 3.05) is 32.1 Å². The maximum atomic E-state index is 13.0. The Hall–Kier alpha value is -2.28. The summed E-state index contributed by atoms with van der Waals surface area (Å²) in [6.07, 6.45) is 1.58. The molecule has 3 aromatic rings. The van der Waals surface area contributed by atoms with Gasteiger partial charge in [-0.05, 0) is 74.8 Å². The monoisotopic (exact) mass is 395 g/mol. The van der Waals surface area contributed by atoms with Crippen molar-refractivity contribution in [3.8, 4) is 10.6 Å². The van der Waals surface area contributed by atoms with Crippen molar-refractivity contribution in [2.24, 2.45) is 5.41 Å². The minimum absolute atomic E-state index is 0.0408. The lowest BCUT2D eigenvalue weighted by Gasteiger charge is -2.35. The van der Waals surface area contributed by atoms with Crippen LogP contribution < -0.4 is 10.6 Å². The predicted octanol–water partition coefficient (Wildman–Crippen LogP) is 4.23. The fraction of sp³-hybridized carbons (Fsp3) is 0.364. The van der Waals surface area contributed by atoms with E-state index in [-0.39, 0.29) is 5.91 Å². The van der Waals surface area contributed by atoms with E-state index in [1.54, 1.807) is 18.4 Å². The Morgan fingerprint density at radius 1 is 1.21 bits per heavy atom. The minimum atomic E-state index is -0.455. The first-order valence-corrected chi connectivity index (χ1v) is 10.4. The van der Waals surface area contributed by atoms with Crippen LogP contribution in [0.5, 0.6) is 0 Å². The van der Waals surface area contributed by atoms with E-state index in [0.29, 0.717) is 6.61 Å². The molecule has 5 nitrogen and oxygen atoms in total. The Morgan fingerprint density at radius 3 is 2.68 bits per heavy atom. The highest BCUT2D eigenvalue weighted by Gasteiger charge is 2.39. The van der Waals surface area contributed by atoms with Gasteiger partial charge in [0.05, 0.1) is 22.2 Å². The molecule has 2 aromatic carbocycles. The molecule has 0 unspecified atom stereocenters. The molecular formula is C22H25N3O2S. The van der Waals surface area contributed by atoms with Gasteiger partial charge in [0.15, 0.2) is 0 Å². The second-order valence-electron chi connectivity index (χ2n) is 7.49. The van der Waals surface area contributed by atoms with Crippen molar-refractivity contribution in [3.05, 3.63) is 48.0 Å². The van der Waals surface area contributed by atoms with Gasteiger partial charge in [0.25, 0.3) is 0 Å².